The van der Waals surface area contributed by atoms with Gasteiger partial charge in [0.1, 0.15) is 0 Å². The molecule has 1 N–H and O–H groups in total. The first kappa shape index (κ1) is 18.8. The molecule has 0 aliphatic carbocycles. The number of hydrogen-bond donors (Lipinski definition) is 1. The lowest BCUT2D eigenvalue weighted by atomic mass is 9.82. The summed E-state index contributed by atoms with van der Waals surface area (Å²) in [6, 6.07) is 8.63. The predicted molar refractivity (Wildman–Crippen MR) is 102 cm³/mol. The largest absolute Gasteiger partial charge is 0.384 e. The maximum Gasteiger partial charge on any atom is 0.193 e. The summed E-state index contributed by atoms with van der Waals surface area (Å²) < 4.78 is 5.31. The van der Waals surface area contributed by atoms with E-state index in [2.05, 4.69) is 62.2 Å². The van der Waals surface area contributed by atoms with Gasteiger partial charge in [-0.1, -0.05) is 38.1 Å². The van der Waals surface area contributed by atoms with Crippen LogP contribution in [0.5, 0.6) is 0 Å². The molecule has 0 radical (unpaired) electrons. The number of guanidine groups is 1. The molecule has 134 valence electrons. The van der Waals surface area contributed by atoms with Gasteiger partial charge in [-0.15, -0.1) is 0 Å². The quantitative estimate of drug-likeness (QED) is 0.642. The van der Waals surface area contributed by atoms with Crippen LogP contribution in [0, 0.1) is 12.8 Å². The summed E-state index contributed by atoms with van der Waals surface area (Å²) in [6.07, 6.45) is 1.18. The van der Waals surface area contributed by atoms with Crippen LogP contribution in [0.3, 0.4) is 0 Å². The number of likely N-dealkylation sites (tertiary alicyclic amines) is 1. The molecule has 1 saturated heterocycles. The van der Waals surface area contributed by atoms with Gasteiger partial charge in [0.15, 0.2) is 5.96 Å². The fourth-order valence-electron chi connectivity index (χ4n) is 3.51. The van der Waals surface area contributed by atoms with E-state index in [4.69, 9.17) is 9.73 Å². The summed E-state index contributed by atoms with van der Waals surface area (Å²) in [5.41, 5.74) is 2.74. The van der Waals surface area contributed by atoms with Crippen molar-refractivity contribution in [3.8, 4) is 0 Å². The molecule has 0 amide bonds. The second-order valence-electron chi connectivity index (χ2n) is 7.43. The molecule has 1 aliphatic heterocycles. The number of methoxy groups -OCH3 is 1. The third kappa shape index (κ3) is 4.73. The lowest BCUT2D eigenvalue weighted by molar-refractivity contribution is 0.157. The van der Waals surface area contributed by atoms with Gasteiger partial charge < -0.3 is 15.0 Å². The molecule has 1 atom stereocenters. The van der Waals surface area contributed by atoms with Crippen LogP contribution in [0.15, 0.2) is 29.3 Å². The van der Waals surface area contributed by atoms with Crippen molar-refractivity contribution in [2.45, 2.75) is 39.5 Å². The van der Waals surface area contributed by atoms with Crippen molar-refractivity contribution < 1.29 is 4.74 Å². The monoisotopic (exact) mass is 331 g/mol. The number of aryl methyl sites for hydroxylation is 1. The zero-order valence-electron chi connectivity index (χ0n) is 15.9. The molecule has 0 saturated carbocycles. The number of nitrogens with zero attached hydrogens (tertiary/aromatic N) is 2. The Labute approximate surface area is 147 Å². The van der Waals surface area contributed by atoms with Gasteiger partial charge in [-0.25, -0.2) is 0 Å². The zero-order chi connectivity index (χ0) is 17.6. The van der Waals surface area contributed by atoms with Crippen molar-refractivity contribution in [3.05, 3.63) is 35.4 Å². The lowest BCUT2D eigenvalue weighted by Gasteiger charge is -2.27. The number of rotatable bonds is 6. The number of nitrogens with one attached hydrogen (secondary N) is 1. The first-order valence-electron chi connectivity index (χ1n) is 9.06. The van der Waals surface area contributed by atoms with E-state index in [0.29, 0.717) is 5.92 Å². The van der Waals surface area contributed by atoms with E-state index in [-0.39, 0.29) is 5.41 Å². The average molecular weight is 332 g/mol. The molecule has 1 aliphatic rings. The maximum absolute atomic E-state index is 5.31. The van der Waals surface area contributed by atoms with Crippen molar-refractivity contribution in [1.29, 1.82) is 0 Å². The highest BCUT2D eigenvalue weighted by molar-refractivity contribution is 5.80. The van der Waals surface area contributed by atoms with Crippen LogP contribution >= 0.6 is 0 Å². The average Bonchev–Trinajstić information content (AvgIpc) is 3.00. The molecule has 1 unspecified atom stereocenters. The summed E-state index contributed by atoms with van der Waals surface area (Å²) >= 11 is 0. The number of hydrogen-bond acceptors (Lipinski definition) is 2. The van der Waals surface area contributed by atoms with E-state index in [1.807, 2.05) is 0 Å². The second kappa shape index (κ2) is 8.52. The first-order chi connectivity index (χ1) is 11.5. The van der Waals surface area contributed by atoms with Crippen LogP contribution in [0.1, 0.15) is 38.3 Å². The van der Waals surface area contributed by atoms with Gasteiger partial charge in [-0.3, -0.25) is 4.99 Å². The molecule has 1 heterocycles. The van der Waals surface area contributed by atoms with Gasteiger partial charge >= 0.3 is 0 Å². The van der Waals surface area contributed by atoms with E-state index in [9.17, 15) is 0 Å². The van der Waals surface area contributed by atoms with Crippen LogP contribution in [-0.2, 0) is 10.2 Å². The topological polar surface area (TPSA) is 36.9 Å². The minimum Gasteiger partial charge on any atom is -0.384 e. The molecular formula is C20H33N3O. The van der Waals surface area contributed by atoms with Crippen molar-refractivity contribution in [3.63, 3.8) is 0 Å². The summed E-state index contributed by atoms with van der Waals surface area (Å²) in [6.45, 7) is 13.5. The van der Waals surface area contributed by atoms with E-state index in [0.717, 1.165) is 38.7 Å². The molecule has 24 heavy (non-hydrogen) atoms. The van der Waals surface area contributed by atoms with Gasteiger partial charge in [0, 0.05) is 38.1 Å². The van der Waals surface area contributed by atoms with Gasteiger partial charge in [-0.05, 0) is 31.4 Å². The summed E-state index contributed by atoms with van der Waals surface area (Å²) in [7, 11) is 1.78. The fraction of sp³-hybridized carbons (Fsp3) is 0.650. The third-order valence-corrected chi connectivity index (χ3v) is 4.82. The van der Waals surface area contributed by atoms with Crippen LogP contribution in [0.2, 0.25) is 0 Å². The Bertz CT molecular complexity index is 554. The lowest BCUT2D eigenvalue weighted by Crippen LogP contribution is -2.41. The summed E-state index contributed by atoms with van der Waals surface area (Å²) in [4.78, 5) is 7.35. The van der Waals surface area contributed by atoms with Crippen molar-refractivity contribution in [2.24, 2.45) is 10.9 Å². The maximum atomic E-state index is 5.31. The number of benzene rings is 1. The molecule has 2 rings (SSSR count). The Morgan fingerprint density at radius 1 is 1.38 bits per heavy atom. The predicted octanol–water partition coefficient (Wildman–Crippen LogP) is 3.21. The third-order valence-electron chi connectivity index (χ3n) is 4.82. The molecule has 0 bridgehead atoms. The van der Waals surface area contributed by atoms with Crippen molar-refractivity contribution >= 4 is 5.96 Å². The summed E-state index contributed by atoms with van der Waals surface area (Å²) in [5, 5.41) is 3.46. The summed E-state index contributed by atoms with van der Waals surface area (Å²) in [5.74, 6) is 1.65. The van der Waals surface area contributed by atoms with Crippen LogP contribution in [0.25, 0.3) is 0 Å². The molecule has 4 nitrogen and oxygen atoms in total. The Morgan fingerprint density at radius 2 is 2.12 bits per heavy atom. The van der Waals surface area contributed by atoms with E-state index >= 15 is 0 Å². The fourth-order valence-corrected chi connectivity index (χ4v) is 3.51. The van der Waals surface area contributed by atoms with E-state index < -0.39 is 0 Å². The standard InChI is InChI=1S/C20H33N3O/c1-6-21-19(23-12-11-17(13-23)14-24-5)22-15-20(3,4)18-10-8-7-9-16(18)2/h7-10,17H,6,11-15H2,1-5H3,(H,21,22). The molecule has 1 aromatic rings. The van der Waals surface area contributed by atoms with Gasteiger partial charge in [0.25, 0.3) is 0 Å². The van der Waals surface area contributed by atoms with Crippen LogP contribution in [0.4, 0.5) is 0 Å². The number of aliphatic imine (C=N–C) groups is 1. The molecule has 1 aromatic carbocycles. The first-order valence-corrected chi connectivity index (χ1v) is 9.06. The smallest absolute Gasteiger partial charge is 0.193 e. The second-order valence-corrected chi connectivity index (χ2v) is 7.43. The Kier molecular flexibility index (Phi) is 6.67. The van der Waals surface area contributed by atoms with Gasteiger partial charge in [0.2, 0.25) is 0 Å². The van der Waals surface area contributed by atoms with Crippen molar-refractivity contribution in [2.75, 3.05) is 39.9 Å². The van der Waals surface area contributed by atoms with E-state index in [1.165, 1.54) is 17.5 Å². The van der Waals surface area contributed by atoms with Crippen LogP contribution < -0.4 is 5.32 Å². The molecule has 0 aromatic heterocycles. The van der Waals surface area contributed by atoms with Crippen LogP contribution in [-0.4, -0.2) is 50.8 Å². The molecular weight excluding hydrogens is 298 g/mol. The minimum atomic E-state index is 0.0255. The van der Waals surface area contributed by atoms with Gasteiger partial charge in [-0.2, -0.15) is 0 Å². The van der Waals surface area contributed by atoms with E-state index in [1.54, 1.807) is 7.11 Å². The van der Waals surface area contributed by atoms with Gasteiger partial charge in [0.05, 0.1) is 13.2 Å². The zero-order valence-corrected chi connectivity index (χ0v) is 15.9. The Hall–Kier alpha value is -1.55. The Morgan fingerprint density at radius 3 is 2.79 bits per heavy atom. The highest BCUT2D eigenvalue weighted by atomic mass is 16.5. The van der Waals surface area contributed by atoms with Crippen molar-refractivity contribution in [1.82, 2.24) is 10.2 Å². The highest BCUT2D eigenvalue weighted by Crippen LogP contribution is 2.26. The molecule has 1 fully saturated rings. The molecule has 4 heteroatoms. The SMILES string of the molecule is CCNC(=NCC(C)(C)c1ccccc1C)N1CCC(COC)C1. The Balaban J connectivity index is 2.09. The minimum absolute atomic E-state index is 0.0255. The highest BCUT2D eigenvalue weighted by Gasteiger charge is 2.26. The normalized spacial score (nSPS) is 19.0. The number of ether oxygens (including phenoxy) is 1. The molecule has 0 spiro atoms.